The monoisotopic (exact) mass is 328 g/mol. The third kappa shape index (κ3) is 3.42. The van der Waals surface area contributed by atoms with Gasteiger partial charge in [-0.05, 0) is 25.1 Å². The molecule has 0 radical (unpaired) electrons. The second kappa shape index (κ2) is 6.39. The van der Waals surface area contributed by atoms with Gasteiger partial charge in [0.1, 0.15) is 17.6 Å². The molecule has 6 nitrogen and oxygen atoms in total. The Morgan fingerprint density at radius 3 is 2.67 bits per heavy atom. The number of anilines is 1. The van der Waals surface area contributed by atoms with Crippen LogP contribution in [-0.2, 0) is 0 Å². The molecule has 0 unspecified atom stereocenters. The highest BCUT2D eigenvalue weighted by molar-refractivity contribution is 5.95. The van der Waals surface area contributed by atoms with Gasteiger partial charge in [0, 0.05) is 31.4 Å². The lowest BCUT2D eigenvalue weighted by Gasteiger charge is -2.39. The van der Waals surface area contributed by atoms with Crippen molar-refractivity contribution in [2.45, 2.75) is 13.0 Å². The molecule has 3 rings (SSSR count). The molecule has 0 spiro atoms. The third-order valence-corrected chi connectivity index (χ3v) is 3.91. The lowest BCUT2D eigenvalue weighted by atomic mass is 10.1. The van der Waals surface area contributed by atoms with Crippen molar-refractivity contribution in [3.05, 3.63) is 58.1 Å². The van der Waals surface area contributed by atoms with Crippen molar-refractivity contribution in [3.8, 4) is 5.75 Å². The van der Waals surface area contributed by atoms with E-state index in [0.717, 1.165) is 5.69 Å². The minimum atomic E-state index is -0.433. The van der Waals surface area contributed by atoms with Crippen molar-refractivity contribution in [2.24, 2.45) is 0 Å². The molecular formula is C18H20N2O4. The van der Waals surface area contributed by atoms with Crippen LogP contribution in [0.25, 0.3) is 0 Å². The Bertz CT molecular complexity index is 807. The van der Waals surface area contributed by atoms with Crippen LogP contribution in [0.15, 0.2) is 45.6 Å². The molecule has 1 aliphatic rings. The summed E-state index contributed by atoms with van der Waals surface area (Å²) in [6.07, 6.45) is -0.104. The predicted molar refractivity (Wildman–Crippen MR) is 90.8 cm³/mol. The Morgan fingerprint density at radius 1 is 1.25 bits per heavy atom. The summed E-state index contributed by atoms with van der Waals surface area (Å²) in [4.78, 5) is 27.5. The largest absolute Gasteiger partial charge is 0.486 e. The van der Waals surface area contributed by atoms with Gasteiger partial charge < -0.3 is 19.0 Å². The number of hydrogen-bond acceptors (Lipinski definition) is 5. The van der Waals surface area contributed by atoms with Gasteiger partial charge in [0.15, 0.2) is 0 Å². The normalized spacial score (nSPS) is 14.2. The number of ether oxygens (including phenoxy) is 1. The van der Waals surface area contributed by atoms with E-state index < -0.39 is 5.63 Å². The summed E-state index contributed by atoms with van der Waals surface area (Å²) in [5.41, 5.74) is 1.22. The standard InChI is InChI=1S/C18H20N2O4/c1-12-7-15(9-17(21)23-12)24-16-10-20(11-16)18(22)13-5-4-6-14(8-13)19(2)3/h4-9,16H,10-11H2,1-3H3. The molecule has 1 aromatic heterocycles. The van der Waals surface area contributed by atoms with E-state index in [0.29, 0.717) is 30.2 Å². The molecular weight excluding hydrogens is 308 g/mol. The van der Waals surface area contributed by atoms with Gasteiger partial charge in [0.05, 0.1) is 19.2 Å². The molecule has 0 atom stereocenters. The summed E-state index contributed by atoms with van der Waals surface area (Å²) in [6, 6.07) is 10.5. The molecule has 1 aromatic carbocycles. The first-order chi connectivity index (χ1) is 11.4. The second-order valence-corrected chi connectivity index (χ2v) is 6.12. The summed E-state index contributed by atoms with van der Waals surface area (Å²) < 4.78 is 10.6. The fraction of sp³-hybridized carbons (Fsp3) is 0.333. The molecule has 0 aliphatic carbocycles. The Balaban J connectivity index is 1.61. The van der Waals surface area contributed by atoms with Crippen LogP contribution in [-0.4, -0.2) is 44.1 Å². The maximum Gasteiger partial charge on any atom is 0.339 e. The van der Waals surface area contributed by atoms with E-state index in [9.17, 15) is 9.59 Å². The molecule has 0 N–H and O–H groups in total. The van der Waals surface area contributed by atoms with Gasteiger partial charge in [-0.25, -0.2) is 4.79 Å². The van der Waals surface area contributed by atoms with E-state index in [1.54, 1.807) is 17.9 Å². The van der Waals surface area contributed by atoms with E-state index in [1.807, 2.05) is 43.3 Å². The number of hydrogen-bond donors (Lipinski definition) is 0. The summed E-state index contributed by atoms with van der Waals surface area (Å²) in [7, 11) is 3.88. The van der Waals surface area contributed by atoms with E-state index in [1.165, 1.54) is 6.07 Å². The average Bonchev–Trinajstić information content (AvgIpc) is 2.49. The highest BCUT2D eigenvalue weighted by atomic mass is 16.5. The van der Waals surface area contributed by atoms with Crippen LogP contribution in [0.2, 0.25) is 0 Å². The molecule has 24 heavy (non-hydrogen) atoms. The van der Waals surface area contributed by atoms with Crippen LogP contribution in [0.3, 0.4) is 0 Å². The summed E-state index contributed by atoms with van der Waals surface area (Å²) in [5, 5.41) is 0. The fourth-order valence-electron chi connectivity index (χ4n) is 2.61. The van der Waals surface area contributed by atoms with E-state index >= 15 is 0 Å². The number of carbonyl (C=O) groups excluding carboxylic acids is 1. The first-order valence-corrected chi connectivity index (χ1v) is 7.77. The van der Waals surface area contributed by atoms with E-state index in [2.05, 4.69) is 0 Å². The van der Waals surface area contributed by atoms with Gasteiger partial charge in [0.25, 0.3) is 5.91 Å². The Kier molecular flexibility index (Phi) is 4.29. The zero-order valence-electron chi connectivity index (χ0n) is 14.0. The molecule has 2 heterocycles. The minimum absolute atomic E-state index is 0.0118. The van der Waals surface area contributed by atoms with E-state index in [4.69, 9.17) is 9.15 Å². The van der Waals surface area contributed by atoms with Crippen LogP contribution < -0.4 is 15.3 Å². The molecule has 126 valence electrons. The summed E-state index contributed by atoms with van der Waals surface area (Å²) in [5.74, 6) is 0.975. The topological polar surface area (TPSA) is 63.0 Å². The fourth-order valence-corrected chi connectivity index (χ4v) is 2.61. The predicted octanol–water partition coefficient (Wildman–Crippen LogP) is 1.92. The molecule has 0 bridgehead atoms. The smallest absolute Gasteiger partial charge is 0.339 e. The van der Waals surface area contributed by atoms with Crippen molar-refractivity contribution in [1.82, 2.24) is 4.90 Å². The van der Waals surface area contributed by atoms with Crippen LogP contribution in [0.5, 0.6) is 5.75 Å². The Labute approximate surface area is 140 Å². The molecule has 6 heteroatoms. The molecule has 2 aromatic rings. The van der Waals surface area contributed by atoms with Crippen molar-refractivity contribution in [1.29, 1.82) is 0 Å². The number of nitrogens with zero attached hydrogens (tertiary/aromatic N) is 2. The minimum Gasteiger partial charge on any atom is -0.486 e. The zero-order valence-corrected chi connectivity index (χ0v) is 14.0. The molecule has 1 saturated heterocycles. The molecule has 1 fully saturated rings. The van der Waals surface area contributed by atoms with Crippen LogP contribution >= 0.6 is 0 Å². The highest BCUT2D eigenvalue weighted by Crippen LogP contribution is 2.21. The first kappa shape index (κ1) is 16.1. The van der Waals surface area contributed by atoms with E-state index in [-0.39, 0.29) is 12.0 Å². The van der Waals surface area contributed by atoms with Gasteiger partial charge in [-0.15, -0.1) is 0 Å². The third-order valence-electron chi connectivity index (χ3n) is 3.91. The first-order valence-electron chi connectivity index (χ1n) is 7.77. The summed E-state index contributed by atoms with van der Waals surface area (Å²) >= 11 is 0. The maximum absolute atomic E-state index is 12.5. The van der Waals surface area contributed by atoms with Crippen molar-refractivity contribution >= 4 is 11.6 Å². The lowest BCUT2D eigenvalue weighted by molar-refractivity contribution is 0.0175. The van der Waals surface area contributed by atoms with Gasteiger partial charge in [-0.2, -0.15) is 0 Å². The van der Waals surface area contributed by atoms with Crippen molar-refractivity contribution < 1.29 is 13.9 Å². The quantitative estimate of drug-likeness (QED) is 0.858. The molecule has 0 saturated carbocycles. The number of aryl methyl sites for hydroxylation is 1. The maximum atomic E-state index is 12.5. The number of amides is 1. The van der Waals surface area contributed by atoms with Crippen LogP contribution in [0.1, 0.15) is 16.1 Å². The Morgan fingerprint density at radius 2 is 2.00 bits per heavy atom. The van der Waals surface area contributed by atoms with Gasteiger partial charge in [0.2, 0.25) is 0 Å². The zero-order chi connectivity index (χ0) is 17.3. The number of carbonyl (C=O) groups is 1. The Hall–Kier alpha value is -2.76. The van der Waals surface area contributed by atoms with Crippen LogP contribution in [0.4, 0.5) is 5.69 Å². The van der Waals surface area contributed by atoms with Gasteiger partial charge in [-0.1, -0.05) is 6.07 Å². The van der Waals surface area contributed by atoms with Crippen molar-refractivity contribution in [2.75, 3.05) is 32.1 Å². The van der Waals surface area contributed by atoms with Crippen LogP contribution in [0, 0.1) is 6.92 Å². The number of likely N-dealkylation sites (tertiary alicyclic amines) is 1. The number of rotatable bonds is 4. The molecule has 1 amide bonds. The SMILES string of the molecule is Cc1cc(OC2CN(C(=O)c3cccc(N(C)C)c3)C2)cc(=O)o1. The van der Waals surface area contributed by atoms with Gasteiger partial charge >= 0.3 is 5.63 Å². The lowest BCUT2D eigenvalue weighted by Crippen LogP contribution is -2.56. The van der Waals surface area contributed by atoms with Crippen molar-refractivity contribution in [3.63, 3.8) is 0 Å². The molecule has 1 aliphatic heterocycles. The summed E-state index contributed by atoms with van der Waals surface area (Å²) in [6.45, 7) is 2.71. The van der Waals surface area contributed by atoms with Gasteiger partial charge in [-0.3, -0.25) is 4.79 Å². The number of benzene rings is 1. The second-order valence-electron chi connectivity index (χ2n) is 6.12. The highest BCUT2D eigenvalue weighted by Gasteiger charge is 2.33. The average molecular weight is 328 g/mol.